The number of thioether (sulfide) groups is 1. The lowest BCUT2D eigenvalue weighted by Crippen LogP contribution is -2.50. The van der Waals surface area contributed by atoms with Crippen molar-refractivity contribution >= 4 is 17.7 Å². The van der Waals surface area contributed by atoms with Gasteiger partial charge in [-0.05, 0) is 29.7 Å². The Kier molecular flexibility index (Phi) is 6.29. The first-order chi connectivity index (χ1) is 10.5. The number of esters is 1. The molecule has 2 rings (SSSR count). The van der Waals surface area contributed by atoms with E-state index in [2.05, 4.69) is 13.8 Å². The van der Waals surface area contributed by atoms with Gasteiger partial charge in [0.05, 0.1) is 11.7 Å². The Morgan fingerprint density at radius 1 is 1.27 bits per heavy atom. The molecule has 2 unspecified atom stereocenters. The Morgan fingerprint density at radius 3 is 2.59 bits per heavy atom. The predicted octanol–water partition coefficient (Wildman–Crippen LogP) is 2.95. The fraction of sp³-hybridized carbons (Fsp3) is 0.588. The molecule has 1 aliphatic rings. The molecule has 1 aromatic carbocycles. The quantitative estimate of drug-likeness (QED) is 0.844. The number of aliphatic hydroxyl groups is 1. The van der Waals surface area contributed by atoms with Crippen LogP contribution in [0.1, 0.15) is 31.1 Å². The summed E-state index contributed by atoms with van der Waals surface area (Å²) in [6.45, 7) is 6.27. The van der Waals surface area contributed by atoms with E-state index in [1.807, 2.05) is 13.0 Å². The number of hydrogen-bond acceptors (Lipinski definition) is 5. The van der Waals surface area contributed by atoms with Gasteiger partial charge in [-0.1, -0.05) is 39.0 Å². The van der Waals surface area contributed by atoms with Crippen molar-refractivity contribution in [1.82, 2.24) is 0 Å². The standard InChI is InChI=1S/C17H24O4S/c1-4-22-17-12(3)11(2)15(18)14(21-17)10-20-16(19)13-8-6-5-7-9-13/h5-9,11-12,14-15,17-18H,4,10H2,1-3H3/t11-,12?,14?,15+,17+/m1/s1. The van der Waals surface area contributed by atoms with Gasteiger partial charge in [0.1, 0.15) is 18.1 Å². The van der Waals surface area contributed by atoms with Crippen molar-refractivity contribution in [2.24, 2.45) is 11.8 Å². The second-order valence-electron chi connectivity index (χ2n) is 5.67. The van der Waals surface area contributed by atoms with E-state index in [4.69, 9.17) is 9.47 Å². The van der Waals surface area contributed by atoms with Gasteiger partial charge >= 0.3 is 5.97 Å². The summed E-state index contributed by atoms with van der Waals surface area (Å²) in [5.74, 6) is 0.940. The van der Waals surface area contributed by atoms with Gasteiger partial charge in [-0.15, -0.1) is 11.8 Å². The Hall–Kier alpha value is -1.04. The maximum atomic E-state index is 12.0. The van der Waals surface area contributed by atoms with Crippen LogP contribution in [0.2, 0.25) is 0 Å². The van der Waals surface area contributed by atoms with E-state index in [9.17, 15) is 9.90 Å². The second kappa shape index (κ2) is 7.99. The molecule has 5 atom stereocenters. The number of ether oxygens (including phenoxy) is 2. The van der Waals surface area contributed by atoms with Crippen molar-refractivity contribution in [2.75, 3.05) is 12.4 Å². The van der Waals surface area contributed by atoms with Gasteiger partial charge in [0, 0.05) is 0 Å². The summed E-state index contributed by atoms with van der Waals surface area (Å²) < 4.78 is 11.3. The number of benzene rings is 1. The highest BCUT2D eigenvalue weighted by atomic mass is 32.2. The van der Waals surface area contributed by atoms with Gasteiger partial charge in [-0.25, -0.2) is 4.79 Å². The Balaban J connectivity index is 1.94. The smallest absolute Gasteiger partial charge is 0.338 e. The summed E-state index contributed by atoms with van der Waals surface area (Å²) in [4.78, 5) is 12.0. The molecule has 0 spiro atoms. The summed E-state index contributed by atoms with van der Waals surface area (Å²) in [6.07, 6.45) is -1.09. The molecule has 4 nitrogen and oxygen atoms in total. The SMILES string of the molecule is CCS[C@@H]1OC(COC(=O)c2ccccc2)[C@@H](O)[C@H](C)C1C. The molecule has 1 aliphatic heterocycles. The molecule has 0 aromatic heterocycles. The molecule has 0 radical (unpaired) electrons. The van der Waals surface area contributed by atoms with E-state index >= 15 is 0 Å². The van der Waals surface area contributed by atoms with Crippen LogP contribution in [-0.4, -0.2) is 41.1 Å². The summed E-state index contributed by atoms with van der Waals surface area (Å²) in [5, 5.41) is 10.4. The van der Waals surface area contributed by atoms with E-state index in [0.717, 1.165) is 5.75 Å². The van der Waals surface area contributed by atoms with Crippen molar-refractivity contribution < 1.29 is 19.4 Å². The Labute approximate surface area is 136 Å². The van der Waals surface area contributed by atoms with Crippen molar-refractivity contribution in [1.29, 1.82) is 0 Å². The van der Waals surface area contributed by atoms with Crippen LogP contribution in [-0.2, 0) is 9.47 Å². The third-order valence-electron chi connectivity index (χ3n) is 4.21. The number of carbonyl (C=O) groups is 1. The lowest BCUT2D eigenvalue weighted by molar-refractivity contribution is -0.153. The van der Waals surface area contributed by atoms with Gasteiger partial charge in [-0.3, -0.25) is 0 Å². The number of hydrogen-bond donors (Lipinski definition) is 1. The van der Waals surface area contributed by atoms with Gasteiger partial charge in [0.25, 0.3) is 0 Å². The zero-order chi connectivity index (χ0) is 16.1. The third-order valence-corrected chi connectivity index (χ3v) is 5.41. The monoisotopic (exact) mass is 324 g/mol. The van der Waals surface area contributed by atoms with Crippen LogP contribution < -0.4 is 0 Å². The highest BCUT2D eigenvalue weighted by molar-refractivity contribution is 7.99. The molecule has 0 bridgehead atoms. The average molecular weight is 324 g/mol. The van der Waals surface area contributed by atoms with Crippen LogP contribution in [0.4, 0.5) is 0 Å². The molecule has 0 amide bonds. The molecule has 1 saturated heterocycles. The molecule has 1 fully saturated rings. The summed E-state index contributed by atoms with van der Waals surface area (Å²) in [5.41, 5.74) is 0.539. The third kappa shape index (κ3) is 4.03. The topological polar surface area (TPSA) is 55.8 Å². The van der Waals surface area contributed by atoms with Crippen molar-refractivity contribution in [3.05, 3.63) is 35.9 Å². The second-order valence-corrected chi connectivity index (χ2v) is 7.05. The van der Waals surface area contributed by atoms with Crippen LogP contribution in [0.5, 0.6) is 0 Å². The van der Waals surface area contributed by atoms with Crippen LogP contribution >= 0.6 is 11.8 Å². The maximum Gasteiger partial charge on any atom is 0.338 e. The van der Waals surface area contributed by atoms with Crippen molar-refractivity contribution in [3.63, 3.8) is 0 Å². The van der Waals surface area contributed by atoms with Crippen LogP contribution in [0.15, 0.2) is 30.3 Å². The first-order valence-corrected chi connectivity index (χ1v) is 8.76. The minimum Gasteiger partial charge on any atom is -0.459 e. The van der Waals surface area contributed by atoms with Crippen LogP contribution in [0.3, 0.4) is 0 Å². The summed E-state index contributed by atoms with van der Waals surface area (Å²) in [7, 11) is 0. The first kappa shape index (κ1) is 17.3. The lowest BCUT2D eigenvalue weighted by atomic mass is 9.86. The molecule has 1 N–H and O–H groups in total. The zero-order valence-electron chi connectivity index (χ0n) is 13.3. The fourth-order valence-electron chi connectivity index (χ4n) is 2.58. The molecular formula is C17H24O4S. The summed E-state index contributed by atoms with van der Waals surface area (Å²) in [6, 6.07) is 8.85. The molecule has 22 heavy (non-hydrogen) atoms. The lowest BCUT2D eigenvalue weighted by Gasteiger charge is -2.42. The normalized spacial score (nSPS) is 31.7. The zero-order valence-corrected chi connectivity index (χ0v) is 14.1. The highest BCUT2D eigenvalue weighted by Gasteiger charge is 2.41. The molecular weight excluding hydrogens is 300 g/mol. The average Bonchev–Trinajstić information content (AvgIpc) is 2.55. The van der Waals surface area contributed by atoms with E-state index in [1.54, 1.807) is 36.0 Å². The van der Waals surface area contributed by atoms with E-state index in [-0.39, 0.29) is 29.8 Å². The predicted molar refractivity (Wildman–Crippen MR) is 87.9 cm³/mol. The molecule has 122 valence electrons. The highest BCUT2D eigenvalue weighted by Crippen LogP contribution is 2.36. The van der Waals surface area contributed by atoms with Gasteiger partial charge in [0.2, 0.25) is 0 Å². The van der Waals surface area contributed by atoms with E-state index in [0.29, 0.717) is 5.56 Å². The van der Waals surface area contributed by atoms with Crippen LogP contribution in [0, 0.1) is 11.8 Å². The fourth-order valence-corrected chi connectivity index (χ4v) is 3.68. The minimum atomic E-state index is -0.618. The summed E-state index contributed by atoms with van der Waals surface area (Å²) >= 11 is 1.73. The van der Waals surface area contributed by atoms with Crippen molar-refractivity contribution in [2.45, 2.75) is 38.4 Å². The van der Waals surface area contributed by atoms with Gasteiger partial charge < -0.3 is 14.6 Å². The largest absolute Gasteiger partial charge is 0.459 e. The maximum absolute atomic E-state index is 12.0. The van der Waals surface area contributed by atoms with Crippen molar-refractivity contribution in [3.8, 4) is 0 Å². The minimum absolute atomic E-state index is 0.0313. The van der Waals surface area contributed by atoms with Gasteiger partial charge in [-0.2, -0.15) is 0 Å². The number of aliphatic hydroxyl groups excluding tert-OH is 1. The van der Waals surface area contributed by atoms with E-state index < -0.39 is 12.2 Å². The first-order valence-electron chi connectivity index (χ1n) is 7.71. The van der Waals surface area contributed by atoms with E-state index in [1.165, 1.54) is 0 Å². The molecule has 5 heteroatoms. The number of carbonyl (C=O) groups excluding carboxylic acids is 1. The Bertz CT molecular complexity index is 479. The molecule has 1 heterocycles. The molecule has 1 aromatic rings. The molecule has 0 aliphatic carbocycles. The molecule has 0 saturated carbocycles. The van der Waals surface area contributed by atoms with Crippen LogP contribution in [0.25, 0.3) is 0 Å². The Morgan fingerprint density at radius 2 is 1.95 bits per heavy atom. The number of rotatable bonds is 5. The van der Waals surface area contributed by atoms with Gasteiger partial charge in [0.15, 0.2) is 0 Å².